The summed E-state index contributed by atoms with van der Waals surface area (Å²) in [6, 6.07) is 3.16. The Morgan fingerprint density at radius 2 is 2.28 bits per heavy atom. The summed E-state index contributed by atoms with van der Waals surface area (Å²) in [7, 11) is 1.67. The number of ether oxygens (including phenoxy) is 1. The van der Waals surface area contributed by atoms with Crippen LogP contribution in [0.15, 0.2) is 12.1 Å². The van der Waals surface area contributed by atoms with E-state index in [1.54, 1.807) is 19.2 Å². The summed E-state index contributed by atoms with van der Waals surface area (Å²) in [6.45, 7) is 0.501. The lowest BCUT2D eigenvalue weighted by Crippen LogP contribution is -2.49. The summed E-state index contributed by atoms with van der Waals surface area (Å²) >= 11 is 0. The van der Waals surface area contributed by atoms with Gasteiger partial charge in [0.2, 0.25) is 0 Å². The van der Waals surface area contributed by atoms with Crippen LogP contribution in [0, 0.1) is 0 Å². The molecule has 0 radical (unpaired) electrons. The van der Waals surface area contributed by atoms with E-state index in [0.29, 0.717) is 12.4 Å². The van der Waals surface area contributed by atoms with Crippen LogP contribution in [-0.4, -0.2) is 35.4 Å². The number of amides is 1. The Morgan fingerprint density at radius 3 is 2.72 bits per heavy atom. The number of methoxy groups -OCH3 is 1. The average Bonchev–Trinajstić information content (AvgIpc) is 2.38. The number of hydrogen-bond acceptors (Lipinski definition) is 6. The number of carbonyl (C=O) groups is 1. The average molecular weight is 251 g/mol. The van der Waals surface area contributed by atoms with Crippen molar-refractivity contribution in [2.45, 2.75) is 24.9 Å². The van der Waals surface area contributed by atoms with Crippen LogP contribution in [0.1, 0.15) is 29.8 Å². The molecule has 98 valence electrons. The van der Waals surface area contributed by atoms with Crippen molar-refractivity contribution < 1.29 is 9.53 Å². The van der Waals surface area contributed by atoms with E-state index < -0.39 is 0 Å². The van der Waals surface area contributed by atoms with E-state index in [4.69, 9.17) is 10.6 Å². The Balaban J connectivity index is 1.90. The second-order valence-electron chi connectivity index (χ2n) is 4.37. The van der Waals surface area contributed by atoms with Crippen molar-refractivity contribution >= 4 is 11.7 Å². The predicted octanol–water partition coefficient (Wildman–Crippen LogP) is 0.0611. The first-order valence-corrected chi connectivity index (χ1v) is 5.83. The van der Waals surface area contributed by atoms with Crippen LogP contribution >= 0.6 is 0 Å². The van der Waals surface area contributed by atoms with Crippen molar-refractivity contribution in [3.8, 4) is 0 Å². The van der Waals surface area contributed by atoms with Crippen molar-refractivity contribution in [3.63, 3.8) is 0 Å². The first kappa shape index (κ1) is 12.7. The fourth-order valence-electron chi connectivity index (χ4n) is 1.89. The van der Waals surface area contributed by atoms with Crippen LogP contribution in [0.25, 0.3) is 0 Å². The highest BCUT2D eigenvalue weighted by atomic mass is 16.5. The van der Waals surface area contributed by atoms with Crippen molar-refractivity contribution in [1.29, 1.82) is 0 Å². The van der Waals surface area contributed by atoms with Crippen molar-refractivity contribution in [2.24, 2.45) is 5.84 Å². The van der Waals surface area contributed by atoms with E-state index in [-0.39, 0.29) is 17.2 Å². The highest BCUT2D eigenvalue weighted by Gasteiger charge is 2.37. The normalized spacial score (nSPS) is 16.8. The second-order valence-corrected chi connectivity index (χ2v) is 4.37. The monoisotopic (exact) mass is 251 g/mol. The molecule has 0 atom stereocenters. The fourth-order valence-corrected chi connectivity index (χ4v) is 1.89. The molecule has 1 aliphatic rings. The molecule has 0 saturated heterocycles. The predicted molar refractivity (Wildman–Crippen MR) is 65.8 cm³/mol. The van der Waals surface area contributed by atoms with Crippen molar-refractivity contribution in [2.75, 3.05) is 19.1 Å². The Morgan fingerprint density at radius 1 is 1.50 bits per heavy atom. The molecule has 1 aliphatic carbocycles. The minimum absolute atomic E-state index is 0.193. The largest absolute Gasteiger partial charge is 0.376 e. The number of anilines is 1. The fraction of sp³-hybridized carbons (Fsp3) is 0.545. The maximum absolute atomic E-state index is 11.8. The zero-order valence-corrected chi connectivity index (χ0v) is 10.3. The van der Waals surface area contributed by atoms with E-state index in [9.17, 15) is 4.79 Å². The zero-order valence-electron chi connectivity index (χ0n) is 10.3. The topological polar surface area (TPSA) is 102 Å². The van der Waals surface area contributed by atoms with Crippen LogP contribution in [-0.2, 0) is 4.74 Å². The third-order valence-corrected chi connectivity index (χ3v) is 3.31. The van der Waals surface area contributed by atoms with Gasteiger partial charge < -0.3 is 15.5 Å². The molecule has 0 unspecified atom stereocenters. The molecule has 1 heterocycles. The first-order valence-electron chi connectivity index (χ1n) is 5.83. The molecule has 1 fully saturated rings. The maximum Gasteiger partial charge on any atom is 0.271 e. The number of nitrogens with two attached hydrogens (primary N) is 1. The summed E-state index contributed by atoms with van der Waals surface area (Å²) < 4.78 is 5.42. The van der Waals surface area contributed by atoms with Gasteiger partial charge in [-0.25, -0.2) is 5.84 Å². The molecule has 0 aromatic carbocycles. The Kier molecular flexibility index (Phi) is 3.73. The van der Waals surface area contributed by atoms with Gasteiger partial charge in [-0.15, -0.1) is 10.2 Å². The van der Waals surface area contributed by atoms with Gasteiger partial charge in [-0.3, -0.25) is 4.79 Å². The smallest absolute Gasteiger partial charge is 0.271 e. The number of aromatic nitrogens is 2. The molecule has 0 spiro atoms. The van der Waals surface area contributed by atoms with E-state index in [2.05, 4.69) is 20.9 Å². The van der Waals surface area contributed by atoms with Crippen LogP contribution in [0.2, 0.25) is 0 Å². The van der Waals surface area contributed by atoms with Gasteiger partial charge in [0.05, 0.1) is 5.60 Å². The lowest BCUT2D eigenvalue weighted by molar-refractivity contribution is -0.0679. The number of nitrogens with one attached hydrogen (secondary N) is 2. The Bertz CT molecular complexity index is 410. The Hall–Kier alpha value is -1.73. The molecule has 1 aromatic heterocycles. The van der Waals surface area contributed by atoms with Crippen LogP contribution in [0.3, 0.4) is 0 Å². The van der Waals surface area contributed by atoms with E-state index in [1.807, 2.05) is 0 Å². The van der Waals surface area contributed by atoms with Crippen molar-refractivity contribution in [1.82, 2.24) is 15.5 Å². The van der Waals surface area contributed by atoms with Crippen molar-refractivity contribution in [3.05, 3.63) is 17.8 Å². The summed E-state index contributed by atoms with van der Waals surface area (Å²) in [5, 5.41) is 10.3. The molecule has 7 heteroatoms. The van der Waals surface area contributed by atoms with Gasteiger partial charge in [-0.1, -0.05) is 0 Å². The number of nitrogens with zero attached hydrogens (tertiary/aromatic N) is 2. The van der Waals surface area contributed by atoms with Gasteiger partial charge in [0.15, 0.2) is 11.5 Å². The molecule has 1 saturated carbocycles. The second kappa shape index (κ2) is 5.28. The van der Waals surface area contributed by atoms with E-state index in [1.165, 1.54) is 0 Å². The lowest BCUT2D eigenvalue weighted by atomic mass is 9.80. The number of hydrogen-bond donors (Lipinski definition) is 3. The third-order valence-electron chi connectivity index (χ3n) is 3.31. The third kappa shape index (κ3) is 2.57. The van der Waals surface area contributed by atoms with Crippen LogP contribution in [0.5, 0.6) is 0 Å². The summed E-state index contributed by atoms with van der Waals surface area (Å²) in [5.41, 5.74) is 2.42. The van der Waals surface area contributed by atoms with E-state index in [0.717, 1.165) is 19.3 Å². The molecule has 18 heavy (non-hydrogen) atoms. The minimum Gasteiger partial charge on any atom is -0.376 e. The van der Waals surface area contributed by atoms with Crippen LogP contribution in [0.4, 0.5) is 5.82 Å². The highest BCUT2D eigenvalue weighted by molar-refractivity contribution is 5.92. The Labute approximate surface area is 105 Å². The minimum atomic E-state index is -0.255. The molecule has 0 aliphatic heterocycles. The zero-order chi connectivity index (χ0) is 13.0. The van der Waals surface area contributed by atoms with Crippen LogP contribution < -0.4 is 16.6 Å². The van der Waals surface area contributed by atoms with Gasteiger partial charge >= 0.3 is 0 Å². The number of nitrogen functional groups attached to an aromatic ring is 1. The van der Waals surface area contributed by atoms with Gasteiger partial charge in [0, 0.05) is 13.7 Å². The molecule has 2 rings (SSSR count). The van der Waals surface area contributed by atoms with Gasteiger partial charge in [-0.2, -0.15) is 0 Å². The van der Waals surface area contributed by atoms with Gasteiger partial charge in [0.25, 0.3) is 5.91 Å². The number of carbonyl (C=O) groups excluding carboxylic acids is 1. The SMILES string of the molecule is COC1(CNC(=O)c2ccc(NN)nn2)CCC1. The first-order chi connectivity index (χ1) is 8.69. The molecule has 4 N–H and O–H groups in total. The van der Waals surface area contributed by atoms with Gasteiger partial charge in [-0.05, 0) is 31.4 Å². The quantitative estimate of drug-likeness (QED) is 0.505. The summed E-state index contributed by atoms with van der Waals surface area (Å²) in [5.74, 6) is 5.33. The highest BCUT2D eigenvalue weighted by Crippen LogP contribution is 2.34. The molecule has 1 amide bonds. The molecule has 0 bridgehead atoms. The van der Waals surface area contributed by atoms with Gasteiger partial charge in [0.1, 0.15) is 0 Å². The molecular weight excluding hydrogens is 234 g/mol. The standard InChI is InChI=1S/C11H17N5O2/c1-18-11(5-2-6-11)7-13-10(17)8-3-4-9(14-12)16-15-8/h3-4H,2,5-7,12H2,1H3,(H,13,17)(H,14,16). The van der Waals surface area contributed by atoms with E-state index >= 15 is 0 Å². The molecule has 1 aromatic rings. The summed E-state index contributed by atoms with van der Waals surface area (Å²) in [4.78, 5) is 11.8. The number of hydrazine groups is 1. The maximum atomic E-state index is 11.8. The molecular formula is C11H17N5O2. The molecule has 7 nitrogen and oxygen atoms in total. The lowest BCUT2D eigenvalue weighted by Gasteiger charge is -2.40. The summed E-state index contributed by atoms with van der Waals surface area (Å²) in [6.07, 6.45) is 3.09. The number of rotatable bonds is 5.